The second kappa shape index (κ2) is 9.82. The summed E-state index contributed by atoms with van der Waals surface area (Å²) in [6, 6.07) is 15.3. The number of hydrogen-bond donors (Lipinski definition) is 2. The van der Waals surface area contributed by atoms with Crippen LogP contribution in [0.1, 0.15) is 34.5 Å². The summed E-state index contributed by atoms with van der Waals surface area (Å²) < 4.78 is 5.05. The normalized spacial score (nSPS) is 17.0. The number of halogens is 2. The first-order valence-corrected chi connectivity index (χ1v) is 11.3. The summed E-state index contributed by atoms with van der Waals surface area (Å²) in [6.07, 6.45) is 0. The second-order valence-electron chi connectivity index (χ2n) is 7.66. The van der Waals surface area contributed by atoms with E-state index in [1.807, 2.05) is 0 Å². The molecule has 35 heavy (non-hydrogen) atoms. The lowest BCUT2D eigenvalue weighted by molar-refractivity contribution is -0.132. The van der Waals surface area contributed by atoms with Crippen LogP contribution in [-0.2, 0) is 14.3 Å². The molecule has 2 N–H and O–H groups in total. The highest BCUT2D eigenvalue weighted by molar-refractivity contribution is 6.52. The Labute approximate surface area is 210 Å². The number of esters is 1. The Bertz CT molecular complexity index is 1370. The Morgan fingerprint density at radius 1 is 0.971 bits per heavy atom. The molecule has 0 aromatic heterocycles. The zero-order valence-electron chi connectivity index (χ0n) is 18.4. The van der Waals surface area contributed by atoms with Crippen molar-refractivity contribution < 1.29 is 29.3 Å². The number of ketones is 1. The number of aliphatic hydroxyl groups excluding tert-OH is 1. The number of aliphatic hydroxyl groups is 1. The van der Waals surface area contributed by atoms with Gasteiger partial charge >= 0.3 is 5.97 Å². The Kier molecular flexibility index (Phi) is 6.82. The highest BCUT2D eigenvalue weighted by atomic mass is 35.5. The van der Waals surface area contributed by atoms with E-state index >= 15 is 0 Å². The van der Waals surface area contributed by atoms with Gasteiger partial charge in [-0.1, -0.05) is 41.4 Å². The van der Waals surface area contributed by atoms with Crippen LogP contribution < -0.4 is 4.90 Å². The highest BCUT2D eigenvalue weighted by Gasteiger charge is 2.47. The molecular weight excluding hydrogens is 493 g/mol. The van der Waals surface area contributed by atoms with E-state index < -0.39 is 29.5 Å². The summed E-state index contributed by atoms with van der Waals surface area (Å²) in [6.45, 7) is 1.85. The number of phenolic OH excluding ortho intramolecular Hbond substituents is 1. The quantitative estimate of drug-likeness (QED) is 0.203. The molecule has 3 aromatic rings. The van der Waals surface area contributed by atoms with Gasteiger partial charge in [0.05, 0.1) is 33.8 Å². The summed E-state index contributed by atoms with van der Waals surface area (Å²) in [4.78, 5) is 39.9. The van der Waals surface area contributed by atoms with Gasteiger partial charge in [-0.25, -0.2) is 4.79 Å². The lowest BCUT2D eigenvalue weighted by Crippen LogP contribution is -2.29. The van der Waals surface area contributed by atoms with Crippen molar-refractivity contribution in [2.45, 2.75) is 13.0 Å². The predicted molar refractivity (Wildman–Crippen MR) is 132 cm³/mol. The minimum atomic E-state index is -1.05. The lowest BCUT2D eigenvalue weighted by Gasteiger charge is -2.26. The maximum atomic E-state index is 13.2. The molecule has 1 fully saturated rings. The third-order valence-electron chi connectivity index (χ3n) is 5.48. The molecule has 9 heteroatoms. The van der Waals surface area contributed by atoms with E-state index in [2.05, 4.69) is 0 Å². The monoisotopic (exact) mass is 511 g/mol. The number of hydrogen-bond acceptors (Lipinski definition) is 6. The van der Waals surface area contributed by atoms with E-state index in [9.17, 15) is 24.6 Å². The van der Waals surface area contributed by atoms with E-state index in [0.717, 1.165) is 0 Å². The van der Waals surface area contributed by atoms with Gasteiger partial charge in [-0.2, -0.15) is 0 Å². The van der Waals surface area contributed by atoms with Gasteiger partial charge in [0.1, 0.15) is 11.5 Å². The average Bonchev–Trinajstić information content (AvgIpc) is 3.11. The van der Waals surface area contributed by atoms with Gasteiger partial charge in [-0.15, -0.1) is 0 Å². The summed E-state index contributed by atoms with van der Waals surface area (Å²) in [7, 11) is 0. The largest absolute Gasteiger partial charge is 0.508 e. The number of nitrogens with zero attached hydrogens (tertiary/aromatic N) is 1. The molecule has 0 spiro atoms. The molecular formula is C26H19Cl2NO6. The van der Waals surface area contributed by atoms with Gasteiger partial charge in [0.15, 0.2) is 0 Å². The molecule has 3 aromatic carbocycles. The van der Waals surface area contributed by atoms with Gasteiger partial charge in [-0.3, -0.25) is 14.5 Å². The number of aromatic hydroxyl groups is 1. The van der Waals surface area contributed by atoms with Crippen LogP contribution >= 0.6 is 23.2 Å². The van der Waals surface area contributed by atoms with Crippen molar-refractivity contribution in [2.24, 2.45) is 0 Å². The maximum absolute atomic E-state index is 13.2. The van der Waals surface area contributed by atoms with Crippen LogP contribution in [0.2, 0.25) is 10.0 Å². The molecule has 1 unspecified atom stereocenters. The standard InChI is InChI=1S/C26H19Cl2NO6/c1-2-35-26(34)16-4-3-5-17(12-16)29-22(14-6-9-18(30)10-7-14)21(24(32)25(29)33)23(31)15-8-11-19(27)20(28)13-15/h3-13,22,30-31H,2H2,1H3/b23-21+. The molecule has 1 atom stereocenters. The Balaban J connectivity index is 1.92. The maximum Gasteiger partial charge on any atom is 0.338 e. The van der Waals surface area contributed by atoms with Crippen molar-refractivity contribution in [2.75, 3.05) is 11.5 Å². The van der Waals surface area contributed by atoms with Crippen molar-refractivity contribution in [3.05, 3.63) is 99.0 Å². The van der Waals surface area contributed by atoms with Gasteiger partial charge in [-0.05, 0) is 61.0 Å². The van der Waals surface area contributed by atoms with Crippen molar-refractivity contribution >= 4 is 52.3 Å². The number of carbonyl (C=O) groups is 3. The number of phenols is 1. The minimum Gasteiger partial charge on any atom is -0.508 e. The van der Waals surface area contributed by atoms with Crippen molar-refractivity contribution in [3.63, 3.8) is 0 Å². The van der Waals surface area contributed by atoms with Crippen molar-refractivity contribution in [3.8, 4) is 5.75 Å². The first kappa shape index (κ1) is 24.3. The molecule has 4 rings (SSSR count). The van der Waals surface area contributed by atoms with Crippen LogP contribution in [0.15, 0.2) is 72.3 Å². The summed E-state index contributed by atoms with van der Waals surface area (Å²) in [5.74, 6) is -2.86. The molecule has 0 aliphatic carbocycles. The van der Waals surface area contributed by atoms with Gasteiger partial charge in [0.2, 0.25) is 0 Å². The fraction of sp³-hybridized carbons (Fsp3) is 0.115. The number of Topliss-reactive ketones (excluding diaryl/α,β-unsaturated/α-hetero) is 1. The van der Waals surface area contributed by atoms with E-state index in [1.165, 1.54) is 59.5 Å². The van der Waals surface area contributed by atoms with E-state index in [0.29, 0.717) is 5.56 Å². The fourth-order valence-corrected chi connectivity index (χ4v) is 4.17. The number of ether oxygens (including phenoxy) is 1. The third kappa shape index (κ3) is 4.60. The van der Waals surface area contributed by atoms with Crippen LogP contribution in [-0.4, -0.2) is 34.5 Å². The number of anilines is 1. The molecule has 1 amide bonds. The van der Waals surface area contributed by atoms with Crippen molar-refractivity contribution in [1.29, 1.82) is 0 Å². The summed E-state index contributed by atoms with van der Waals surface area (Å²) >= 11 is 12.1. The van der Waals surface area contributed by atoms with Gasteiger partial charge in [0, 0.05) is 11.3 Å². The lowest BCUT2D eigenvalue weighted by atomic mass is 9.95. The molecule has 1 aliphatic heterocycles. The van der Waals surface area contributed by atoms with Crippen LogP contribution in [0.3, 0.4) is 0 Å². The minimum absolute atomic E-state index is 0.0144. The smallest absolute Gasteiger partial charge is 0.338 e. The number of rotatable bonds is 5. The third-order valence-corrected chi connectivity index (χ3v) is 6.22. The molecule has 7 nitrogen and oxygen atoms in total. The van der Waals surface area contributed by atoms with Crippen LogP contribution in [0.5, 0.6) is 5.75 Å². The first-order chi connectivity index (χ1) is 16.7. The van der Waals surface area contributed by atoms with Crippen molar-refractivity contribution in [1.82, 2.24) is 0 Å². The SMILES string of the molecule is CCOC(=O)c1cccc(N2C(=O)C(=O)/C(=C(/O)c3ccc(Cl)c(Cl)c3)C2c2ccc(O)cc2)c1. The van der Waals surface area contributed by atoms with Crippen LogP contribution in [0.4, 0.5) is 5.69 Å². The van der Waals surface area contributed by atoms with Crippen LogP contribution in [0, 0.1) is 0 Å². The zero-order valence-corrected chi connectivity index (χ0v) is 19.9. The second-order valence-corrected chi connectivity index (χ2v) is 8.47. The van der Waals surface area contributed by atoms with E-state index in [1.54, 1.807) is 19.1 Å². The molecule has 178 valence electrons. The fourth-order valence-electron chi connectivity index (χ4n) is 3.87. The van der Waals surface area contributed by atoms with Crippen LogP contribution in [0.25, 0.3) is 5.76 Å². The highest BCUT2D eigenvalue weighted by Crippen LogP contribution is 2.43. The molecule has 0 saturated carbocycles. The molecule has 1 aliphatic rings. The van der Waals surface area contributed by atoms with Gasteiger partial charge in [0.25, 0.3) is 11.7 Å². The first-order valence-electron chi connectivity index (χ1n) is 10.6. The molecule has 0 radical (unpaired) electrons. The number of benzene rings is 3. The Hall–Kier alpha value is -3.81. The van der Waals surface area contributed by atoms with E-state index in [-0.39, 0.29) is 44.8 Å². The summed E-state index contributed by atoms with van der Waals surface area (Å²) in [5.41, 5.74) is 0.913. The molecule has 1 saturated heterocycles. The molecule has 1 heterocycles. The Morgan fingerprint density at radius 3 is 2.34 bits per heavy atom. The number of amides is 1. The Morgan fingerprint density at radius 2 is 1.69 bits per heavy atom. The summed E-state index contributed by atoms with van der Waals surface area (Å²) in [5, 5.41) is 21.3. The molecule has 0 bridgehead atoms. The topological polar surface area (TPSA) is 104 Å². The van der Waals surface area contributed by atoms with Gasteiger partial charge < -0.3 is 14.9 Å². The van der Waals surface area contributed by atoms with E-state index in [4.69, 9.17) is 27.9 Å². The predicted octanol–water partition coefficient (Wildman–Crippen LogP) is 5.50. The average molecular weight is 512 g/mol. The zero-order chi connectivity index (χ0) is 25.3. The number of carbonyl (C=O) groups excluding carboxylic acids is 3.